The average Bonchev–Trinajstić information content (AvgIpc) is 2.65. The first-order valence-electron chi connectivity index (χ1n) is 6.61. The van der Waals surface area contributed by atoms with Gasteiger partial charge in [0, 0.05) is 25.4 Å². The highest BCUT2D eigenvalue weighted by Gasteiger charge is 2.27. The van der Waals surface area contributed by atoms with Gasteiger partial charge in [-0.2, -0.15) is 0 Å². The molecule has 1 rings (SSSR count). The van der Waals surface area contributed by atoms with E-state index in [0.717, 1.165) is 19.5 Å². The third-order valence-corrected chi connectivity index (χ3v) is 3.73. The molecule has 0 radical (unpaired) electrons. The molecular formula is C13H24ClNO. The number of nitrogens with zero attached hydrogens (tertiary/aromatic N) is 1. The lowest BCUT2D eigenvalue weighted by molar-refractivity contribution is -0.127. The predicted octanol–water partition coefficient (Wildman–Crippen LogP) is 3.43. The maximum atomic E-state index is 11.6. The van der Waals surface area contributed by atoms with Crippen LogP contribution in [0.2, 0.25) is 0 Å². The Hall–Kier alpha value is -0.240. The van der Waals surface area contributed by atoms with E-state index in [1.165, 1.54) is 32.1 Å². The minimum atomic E-state index is 0.305. The van der Waals surface area contributed by atoms with Gasteiger partial charge in [0.25, 0.3) is 0 Å². The van der Waals surface area contributed by atoms with Crippen molar-refractivity contribution in [3.63, 3.8) is 0 Å². The highest BCUT2D eigenvalue weighted by atomic mass is 35.5. The zero-order chi connectivity index (χ0) is 11.8. The Bertz CT molecular complexity index is 208. The van der Waals surface area contributed by atoms with Gasteiger partial charge in [-0.25, -0.2) is 0 Å². The minimum Gasteiger partial charge on any atom is -0.342 e. The summed E-state index contributed by atoms with van der Waals surface area (Å²) in [5, 5.41) is 0. The Labute approximate surface area is 104 Å². The number of unbranched alkanes of at least 4 members (excludes halogenated alkanes) is 5. The Morgan fingerprint density at radius 1 is 1.25 bits per heavy atom. The summed E-state index contributed by atoms with van der Waals surface area (Å²) in [7, 11) is 0. The lowest BCUT2D eigenvalue weighted by Gasteiger charge is -2.15. The minimum absolute atomic E-state index is 0.305. The van der Waals surface area contributed by atoms with Crippen molar-refractivity contribution in [3.05, 3.63) is 0 Å². The molecule has 16 heavy (non-hydrogen) atoms. The van der Waals surface area contributed by atoms with Crippen molar-refractivity contribution < 1.29 is 4.79 Å². The SMILES string of the molecule is CCCCCCCCN1CC(CCl)CC1=O. The number of amides is 1. The van der Waals surface area contributed by atoms with Gasteiger partial charge in [-0.15, -0.1) is 11.6 Å². The monoisotopic (exact) mass is 245 g/mol. The molecule has 0 aromatic heterocycles. The lowest BCUT2D eigenvalue weighted by Crippen LogP contribution is -2.26. The maximum Gasteiger partial charge on any atom is 0.222 e. The topological polar surface area (TPSA) is 20.3 Å². The molecule has 0 spiro atoms. The molecule has 0 aromatic rings. The molecule has 1 fully saturated rings. The van der Waals surface area contributed by atoms with Gasteiger partial charge in [-0.05, 0) is 12.3 Å². The molecule has 1 unspecified atom stereocenters. The second-order valence-electron chi connectivity index (χ2n) is 4.83. The predicted molar refractivity (Wildman–Crippen MR) is 68.8 cm³/mol. The molecule has 1 aliphatic rings. The van der Waals surface area contributed by atoms with Crippen molar-refractivity contribution in [2.45, 2.75) is 51.9 Å². The summed E-state index contributed by atoms with van der Waals surface area (Å²) in [6, 6.07) is 0. The molecule has 2 nitrogen and oxygen atoms in total. The number of carbonyl (C=O) groups excluding carboxylic acids is 1. The van der Waals surface area contributed by atoms with E-state index in [1.54, 1.807) is 0 Å². The van der Waals surface area contributed by atoms with Crippen LogP contribution in [0, 0.1) is 5.92 Å². The zero-order valence-electron chi connectivity index (χ0n) is 10.4. The van der Waals surface area contributed by atoms with Crippen LogP contribution in [-0.4, -0.2) is 29.8 Å². The molecule has 1 atom stereocenters. The van der Waals surface area contributed by atoms with Gasteiger partial charge in [0.15, 0.2) is 0 Å². The quantitative estimate of drug-likeness (QED) is 0.474. The Kier molecular flexibility index (Phi) is 6.86. The van der Waals surface area contributed by atoms with Crippen molar-refractivity contribution in [2.24, 2.45) is 5.92 Å². The first-order chi connectivity index (χ1) is 7.77. The van der Waals surface area contributed by atoms with Crippen molar-refractivity contribution in [1.82, 2.24) is 4.90 Å². The molecule has 3 heteroatoms. The zero-order valence-corrected chi connectivity index (χ0v) is 11.1. The fourth-order valence-electron chi connectivity index (χ4n) is 2.26. The standard InChI is InChI=1S/C13H24ClNO/c1-2-3-4-5-6-7-8-15-11-12(10-14)9-13(15)16/h12H,2-11H2,1H3. The molecule has 0 saturated carbocycles. The van der Waals surface area contributed by atoms with Crippen LogP contribution < -0.4 is 0 Å². The first-order valence-corrected chi connectivity index (χ1v) is 7.15. The maximum absolute atomic E-state index is 11.6. The molecule has 1 amide bonds. The molecule has 0 aliphatic carbocycles. The molecule has 94 valence electrons. The van der Waals surface area contributed by atoms with Crippen LogP contribution in [0.15, 0.2) is 0 Å². The van der Waals surface area contributed by atoms with E-state index in [9.17, 15) is 4.79 Å². The Morgan fingerprint density at radius 3 is 2.56 bits per heavy atom. The van der Waals surface area contributed by atoms with E-state index >= 15 is 0 Å². The highest BCUT2D eigenvalue weighted by molar-refractivity contribution is 6.18. The largest absolute Gasteiger partial charge is 0.342 e. The van der Waals surface area contributed by atoms with Crippen LogP contribution in [0.3, 0.4) is 0 Å². The van der Waals surface area contributed by atoms with Crippen molar-refractivity contribution in [1.29, 1.82) is 0 Å². The smallest absolute Gasteiger partial charge is 0.222 e. The van der Waals surface area contributed by atoms with Gasteiger partial charge in [0.2, 0.25) is 5.91 Å². The van der Waals surface area contributed by atoms with E-state index in [0.29, 0.717) is 24.1 Å². The highest BCUT2D eigenvalue weighted by Crippen LogP contribution is 2.19. The second kappa shape index (κ2) is 7.94. The van der Waals surface area contributed by atoms with E-state index in [-0.39, 0.29) is 0 Å². The van der Waals surface area contributed by atoms with Crippen LogP contribution in [0.5, 0.6) is 0 Å². The number of halogens is 1. The van der Waals surface area contributed by atoms with Gasteiger partial charge in [0.1, 0.15) is 0 Å². The number of rotatable bonds is 8. The van der Waals surface area contributed by atoms with Crippen LogP contribution in [0.25, 0.3) is 0 Å². The van der Waals surface area contributed by atoms with Crippen LogP contribution in [0.4, 0.5) is 0 Å². The molecule has 1 aliphatic heterocycles. The lowest BCUT2D eigenvalue weighted by atomic mass is 10.1. The molecule has 1 heterocycles. The molecule has 0 N–H and O–H groups in total. The van der Waals surface area contributed by atoms with Crippen LogP contribution >= 0.6 is 11.6 Å². The third-order valence-electron chi connectivity index (χ3n) is 3.29. The summed E-state index contributed by atoms with van der Waals surface area (Å²) in [5.74, 6) is 1.33. The fourth-order valence-corrected chi connectivity index (χ4v) is 2.46. The normalized spacial score (nSPS) is 20.8. The third kappa shape index (κ3) is 4.73. The summed E-state index contributed by atoms with van der Waals surface area (Å²) in [4.78, 5) is 13.6. The van der Waals surface area contributed by atoms with Gasteiger partial charge >= 0.3 is 0 Å². The van der Waals surface area contributed by atoms with E-state index in [4.69, 9.17) is 11.6 Å². The molecule has 1 saturated heterocycles. The summed E-state index contributed by atoms with van der Waals surface area (Å²) in [6.45, 7) is 4.06. The average molecular weight is 246 g/mol. The Morgan fingerprint density at radius 2 is 1.94 bits per heavy atom. The number of hydrogen-bond donors (Lipinski definition) is 0. The summed E-state index contributed by atoms with van der Waals surface area (Å²) >= 11 is 5.78. The van der Waals surface area contributed by atoms with Gasteiger partial charge in [-0.1, -0.05) is 39.0 Å². The number of alkyl halides is 1. The van der Waals surface area contributed by atoms with E-state index in [2.05, 4.69) is 6.92 Å². The molecule has 0 bridgehead atoms. The van der Waals surface area contributed by atoms with Gasteiger partial charge in [-0.3, -0.25) is 4.79 Å². The van der Waals surface area contributed by atoms with Gasteiger partial charge in [0.05, 0.1) is 0 Å². The van der Waals surface area contributed by atoms with Crippen molar-refractivity contribution in [3.8, 4) is 0 Å². The first kappa shape index (κ1) is 13.8. The number of hydrogen-bond acceptors (Lipinski definition) is 1. The second-order valence-corrected chi connectivity index (χ2v) is 5.14. The Balaban J connectivity index is 2.03. The summed E-state index contributed by atoms with van der Waals surface area (Å²) in [5.41, 5.74) is 0. The van der Waals surface area contributed by atoms with Crippen LogP contribution in [0.1, 0.15) is 51.9 Å². The van der Waals surface area contributed by atoms with Crippen molar-refractivity contribution >= 4 is 17.5 Å². The van der Waals surface area contributed by atoms with E-state index < -0.39 is 0 Å². The fraction of sp³-hybridized carbons (Fsp3) is 0.923. The number of carbonyl (C=O) groups is 1. The van der Waals surface area contributed by atoms with Crippen molar-refractivity contribution in [2.75, 3.05) is 19.0 Å². The number of likely N-dealkylation sites (tertiary alicyclic amines) is 1. The molecule has 0 aromatic carbocycles. The summed E-state index contributed by atoms with van der Waals surface area (Å²) in [6.07, 6.45) is 8.38. The van der Waals surface area contributed by atoms with E-state index in [1.807, 2.05) is 4.90 Å². The summed E-state index contributed by atoms with van der Waals surface area (Å²) < 4.78 is 0. The van der Waals surface area contributed by atoms with Gasteiger partial charge < -0.3 is 4.90 Å². The molecular weight excluding hydrogens is 222 g/mol. The van der Waals surface area contributed by atoms with Crippen LogP contribution in [-0.2, 0) is 4.79 Å².